The third-order valence-corrected chi connectivity index (χ3v) is 4.10. The molecule has 0 radical (unpaired) electrons. The average molecular weight is 358 g/mol. The number of nitrogens with one attached hydrogen (secondary N) is 1. The number of cyclic esters (lactones) is 1. The molecule has 2 aromatic rings. The predicted octanol–water partition coefficient (Wildman–Crippen LogP) is 3.91. The molecule has 1 atom stereocenters. The van der Waals surface area contributed by atoms with Crippen molar-refractivity contribution in [1.29, 1.82) is 0 Å². The number of benzene rings is 2. The fourth-order valence-corrected chi connectivity index (χ4v) is 2.64. The molecule has 0 bridgehead atoms. The number of rotatable bonds is 4. The first kappa shape index (κ1) is 17.0. The molecule has 128 valence electrons. The lowest BCUT2D eigenvalue weighted by molar-refractivity contribution is -0.152. The summed E-state index contributed by atoms with van der Waals surface area (Å²) in [4.78, 5) is 24.2. The summed E-state index contributed by atoms with van der Waals surface area (Å²) >= 11 is 6.03. The van der Waals surface area contributed by atoms with Crippen molar-refractivity contribution in [3.63, 3.8) is 0 Å². The quantitative estimate of drug-likeness (QED) is 0.840. The number of ether oxygens (including phenoxy) is 2. The normalized spacial score (nSPS) is 16.6. The van der Waals surface area contributed by atoms with Gasteiger partial charge in [0, 0.05) is 5.69 Å². The van der Waals surface area contributed by atoms with Crippen LogP contribution in [0.4, 0.5) is 5.69 Å². The van der Waals surface area contributed by atoms with Gasteiger partial charge in [0.2, 0.25) is 0 Å². The molecule has 0 spiro atoms. The maximum atomic E-state index is 12.4. The zero-order chi connectivity index (χ0) is 18.0. The van der Waals surface area contributed by atoms with E-state index in [1.54, 1.807) is 25.1 Å². The molecule has 0 unspecified atom stereocenters. The van der Waals surface area contributed by atoms with Gasteiger partial charge in [0.25, 0.3) is 6.29 Å². The molecule has 1 aliphatic rings. The molecule has 3 rings (SSSR count). The molecule has 0 aliphatic carbocycles. The number of carbonyl (C=O) groups is 2. The Balaban J connectivity index is 1.82. The summed E-state index contributed by atoms with van der Waals surface area (Å²) in [5, 5.41) is 2.87. The molecule has 0 aromatic heterocycles. The number of hydrogen-bond donors (Lipinski definition) is 1. The van der Waals surface area contributed by atoms with Crippen molar-refractivity contribution in [1.82, 2.24) is 0 Å². The first-order valence-corrected chi connectivity index (χ1v) is 8.04. The zero-order valence-corrected chi connectivity index (χ0v) is 14.5. The van der Waals surface area contributed by atoms with Crippen LogP contribution in [0.1, 0.15) is 21.5 Å². The van der Waals surface area contributed by atoms with Crippen molar-refractivity contribution in [3.8, 4) is 0 Å². The average Bonchev–Trinajstić information content (AvgIpc) is 2.83. The van der Waals surface area contributed by atoms with Crippen molar-refractivity contribution in [2.24, 2.45) is 0 Å². The van der Waals surface area contributed by atoms with Crippen LogP contribution in [0.25, 0.3) is 0 Å². The second-order valence-electron chi connectivity index (χ2n) is 5.68. The summed E-state index contributed by atoms with van der Waals surface area (Å²) in [7, 11) is 0. The first-order valence-electron chi connectivity index (χ1n) is 7.66. The van der Waals surface area contributed by atoms with Crippen molar-refractivity contribution < 1.29 is 19.1 Å². The summed E-state index contributed by atoms with van der Waals surface area (Å²) in [5.74, 6) is -1.33. The Hall–Kier alpha value is -2.79. The maximum absolute atomic E-state index is 12.4. The van der Waals surface area contributed by atoms with Crippen molar-refractivity contribution in [2.75, 3.05) is 5.32 Å². The Morgan fingerprint density at radius 3 is 2.64 bits per heavy atom. The van der Waals surface area contributed by atoms with Gasteiger partial charge in [-0.2, -0.15) is 0 Å². The van der Waals surface area contributed by atoms with Gasteiger partial charge in [0.15, 0.2) is 5.03 Å². The van der Waals surface area contributed by atoms with E-state index in [1.807, 2.05) is 37.3 Å². The molecule has 1 N–H and O–H groups in total. The van der Waals surface area contributed by atoms with Gasteiger partial charge in [0.1, 0.15) is 5.70 Å². The highest BCUT2D eigenvalue weighted by Gasteiger charge is 2.36. The number of carbonyl (C=O) groups excluding carboxylic acids is 2. The molecule has 6 heteroatoms. The van der Waals surface area contributed by atoms with Crippen molar-refractivity contribution >= 4 is 29.2 Å². The van der Waals surface area contributed by atoms with Crippen molar-refractivity contribution in [2.45, 2.75) is 20.1 Å². The fraction of sp³-hybridized carbons (Fsp3) is 0.158. The summed E-state index contributed by atoms with van der Waals surface area (Å²) in [6, 6.07) is 14.5. The minimum Gasteiger partial charge on any atom is -0.415 e. The van der Waals surface area contributed by atoms with E-state index in [0.29, 0.717) is 11.3 Å². The molecule has 1 heterocycles. The van der Waals surface area contributed by atoms with E-state index in [0.717, 1.165) is 11.1 Å². The van der Waals surface area contributed by atoms with Crippen molar-refractivity contribution in [3.05, 3.63) is 76.0 Å². The highest BCUT2D eigenvalue weighted by molar-refractivity contribution is 6.42. The highest BCUT2D eigenvalue weighted by Crippen LogP contribution is 2.29. The summed E-state index contributed by atoms with van der Waals surface area (Å²) in [6.45, 7) is 3.74. The monoisotopic (exact) mass is 357 g/mol. The topological polar surface area (TPSA) is 64.6 Å². The summed E-state index contributed by atoms with van der Waals surface area (Å²) in [5.41, 5.74) is 3.11. The van der Waals surface area contributed by atoms with E-state index in [1.165, 1.54) is 0 Å². The SMILES string of the molecule is Cc1cccc(NC2=C(Cl)C(=O)O[C@H]2OC(=O)c2ccccc2C)c1. The summed E-state index contributed by atoms with van der Waals surface area (Å²) < 4.78 is 10.4. The number of esters is 2. The smallest absolute Gasteiger partial charge is 0.355 e. The Morgan fingerprint density at radius 1 is 1.16 bits per heavy atom. The molecule has 0 fully saturated rings. The molecule has 0 saturated heterocycles. The van der Waals surface area contributed by atoms with Gasteiger partial charge < -0.3 is 14.8 Å². The zero-order valence-electron chi connectivity index (χ0n) is 13.7. The number of anilines is 1. The molecular weight excluding hydrogens is 342 g/mol. The minimum atomic E-state index is -1.22. The van der Waals surface area contributed by atoms with E-state index in [-0.39, 0.29) is 10.7 Å². The second-order valence-corrected chi connectivity index (χ2v) is 6.06. The largest absolute Gasteiger partial charge is 0.415 e. The number of hydrogen-bond acceptors (Lipinski definition) is 5. The third-order valence-electron chi connectivity index (χ3n) is 3.74. The molecule has 5 nitrogen and oxygen atoms in total. The molecule has 2 aromatic carbocycles. The van der Waals surface area contributed by atoms with E-state index >= 15 is 0 Å². The van der Waals surface area contributed by atoms with Crippen LogP contribution in [0.3, 0.4) is 0 Å². The van der Waals surface area contributed by atoms with Gasteiger partial charge in [-0.05, 0) is 43.2 Å². The van der Waals surface area contributed by atoms with E-state index < -0.39 is 18.2 Å². The van der Waals surface area contributed by atoms with Gasteiger partial charge in [-0.15, -0.1) is 0 Å². The van der Waals surface area contributed by atoms with Gasteiger partial charge in [0.05, 0.1) is 5.56 Å². The highest BCUT2D eigenvalue weighted by atomic mass is 35.5. The van der Waals surface area contributed by atoms with Crippen LogP contribution in [0.2, 0.25) is 0 Å². The van der Waals surface area contributed by atoms with Crippen LogP contribution in [-0.2, 0) is 14.3 Å². The lowest BCUT2D eigenvalue weighted by Gasteiger charge is -2.17. The van der Waals surface area contributed by atoms with Crippen LogP contribution in [0, 0.1) is 13.8 Å². The molecule has 0 saturated carbocycles. The van der Waals surface area contributed by atoms with Crippen LogP contribution < -0.4 is 5.32 Å². The first-order chi connectivity index (χ1) is 12.0. The lowest BCUT2D eigenvalue weighted by Crippen LogP contribution is -2.24. The Bertz CT molecular complexity index is 875. The van der Waals surface area contributed by atoms with Crippen LogP contribution in [0.15, 0.2) is 59.3 Å². The Morgan fingerprint density at radius 2 is 1.92 bits per heavy atom. The molecule has 0 amide bonds. The number of aryl methyl sites for hydroxylation is 2. The number of halogens is 1. The standard InChI is InChI=1S/C19H16ClNO4/c1-11-6-5-8-13(10-11)21-16-15(20)18(23)25-19(16)24-17(22)14-9-4-3-7-12(14)2/h3-10,19,21H,1-2H3/t19-/m1/s1. The lowest BCUT2D eigenvalue weighted by atomic mass is 10.1. The van der Waals surface area contributed by atoms with E-state index in [9.17, 15) is 9.59 Å². The van der Waals surface area contributed by atoms with Gasteiger partial charge in [-0.25, -0.2) is 9.59 Å². The van der Waals surface area contributed by atoms with Gasteiger partial charge in [-0.3, -0.25) is 0 Å². The fourth-order valence-electron chi connectivity index (χ4n) is 2.46. The molecule has 25 heavy (non-hydrogen) atoms. The second kappa shape index (κ2) is 6.99. The third kappa shape index (κ3) is 3.67. The van der Waals surface area contributed by atoms with Gasteiger partial charge >= 0.3 is 11.9 Å². The van der Waals surface area contributed by atoms with Crippen LogP contribution in [0.5, 0.6) is 0 Å². The molecular formula is C19H16ClNO4. The van der Waals surface area contributed by atoms with Crippen LogP contribution in [-0.4, -0.2) is 18.2 Å². The Kier molecular flexibility index (Phi) is 4.76. The predicted molar refractivity (Wildman–Crippen MR) is 94.2 cm³/mol. The van der Waals surface area contributed by atoms with E-state index in [2.05, 4.69) is 5.32 Å². The van der Waals surface area contributed by atoms with E-state index in [4.69, 9.17) is 21.1 Å². The summed E-state index contributed by atoms with van der Waals surface area (Å²) in [6.07, 6.45) is -1.22. The van der Waals surface area contributed by atoms with Crippen LogP contribution >= 0.6 is 11.6 Å². The maximum Gasteiger partial charge on any atom is 0.355 e. The Labute approximate surface area is 150 Å². The molecule has 1 aliphatic heterocycles. The minimum absolute atomic E-state index is 0.135. The van der Waals surface area contributed by atoms with Gasteiger partial charge in [-0.1, -0.05) is 41.9 Å².